The molecule has 0 unspecified atom stereocenters. The van der Waals surface area contributed by atoms with E-state index in [0.717, 1.165) is 73.4 Å². The minimum Gasteiger partial charge on any atom is -0.495 e. The number of methoxy groups -OCH3 is 1. The summed E-state index contributed by atoms with van der Waals surface area (Å²) in [5.74, 6) is 0.743. The maximum Gasteiger partial charge on any atom is 0.339 e. The van der Waals surface area contributed by atoms with Gasteiger partial charge < -0.3 is 19.2 Å². The van der Waals surface area contributed by atoms with Crippen molar-refractivity contribution in [2.45, 2.75) is 64.7 Å². The van der Waals surface area contributed by atoms with E-state index in [1.54, 1.807) is 24.3 Å². The number of rotatable bonds is 10. The molecular formula is C28H32ClNO5. The molecule has 7 heteroatoms. The van der Waals surface area contributed by atoms with Gasteiger partial charge in [-0.3, -0.25) is 4.79 Å². The molecule has 186 valence electrons. The number of nitrogens with one attached hydrogen (secondary N) is 1. The Labute approximate surface area is 210 Å². The van der Waals surface area contributed by atoms with Crippen molar-refractivity contribution in [2.24, 2.45) is 0 Å². The average molecular weight is 498 g/mol. The SMILES string of the molecule is CCCCCCc1cc2c3c(c(=O)oc2cc1OCC(=O)Nc1cc(Cl)ccc1OC)CCCC3. The molecule has 0 saturated carbocycles. The molecule has 0 aliphatic heterocycles. The maximum atomic E-state index is 12.7. The van der Waals surface area contributed by atoms with Gasteiger partial charge in [-0.25, -0.2) is 4.79 Å². The lowest BCUT2D eigenvalue weighted by Gasteiger charge is -2.18. The summed E-state index contributed by atoms with van der Waals surface area (Å²) in [5.41, 5.74) is 3.67. The molecule has 35 heavy (non-hydrogen) atoms. The second-order valence-electron chi connectivity index (χ2n) is 9.00. The first-order valence-corrected chi connectivity index (χ1v) is 12.8. The van der Waals surface area contributed by atoms with Crippen molar-refractivity contribution in [3.8, 4) is 11.5 Å². The third kappa shape index (κ3) is 5.99. The molecule has 6 nitrogen and oxygen atoms in total. The van der Waals surface area contributed by atoms with Crippen molar-refractivity contribution in [1.82, 2.24) is 0 Å². The molecule has 3 aromatic rings. The topological polar surface area (TPSA) is 77.8 Å². The van der Waals surface area contributed by atoms with Gasteiger partial charge in [-0.2, -0.15) is 0 Å². The van der Waals surface area contributed by atoms with Crippen molar-refractivity contribution in [3.63, 3.8) is 0 Å². The lowest BCUT2D eigenvalue weighted by atomic mass is 9.89. The molecule has 4 rings (SSSR count). The standard InChI is InChI=1S/C28H32ClNO5/c1-3-4-5-6-9-18-14-22-20-10-7-8-11-21(20)28(32)35-26(22)16-25(18)34-17-27(31)30-23-15-19(29)12-13-24(23)33-2/h12-16H,3-11,17H2,1-2H3,(H,30,31). The fraction of sp³-hybridized carbons (Fsp3) is 0.429. The molecule has 2 aromatic carbocycles. The van der Waals surface area contributed by atoms with Gasteiger partial charge in [-0.15, -0.1) is 0 Å². The third-order valence-corrected chi connectivity index (χ3v) is 6.73. The summed E-state index contributed by atoms with van der Waals surface area (Å²) in [6.07, 6.45) is 9.07. The quantitative estimate of drug-likeness (QED) is 0.256. The Morgan fingerprint density at radius 1 is 1.06 bits per heavy atom. The Bertz CT molecular complexity index is 1270. The Balaban J connectivity index is 1.59. The van der Waals surface area contributed by atoms with Crippen LogP contribution >= 0.6 is 11.6 Å². The number of halogens is 1. The lowest BCUT2D eigenvalue weighted by molar-refractivity contribution is -0.118. The number of carbonyl (C=O) groups excluding carboxylic acids is 1. The van der Waals surface area contributed by atoms with Crippen LogP contribution in [0.2, 0.25) is 5.02 Å². The van der Waals surface area contributed by atoms with Crippen molar-refractivity contribution < 1.29 is 18.7 Å². The number of fused-ring (bicyclic) bond motifs is 3. The van der Waals surface area contributed by atoms with Gasteiger partial charge in [0.2, 0.25) is 0 Å². The highest BCUT2D eigenvalue weighted by Gasteiger charge is 2.20. The Hall–Kier alpha value is -2.99. The number of unbranched alkanes of at least 4 members (excludes halogenated alkanes) is 3. The molecule has 0 spiro atoms. The average Bonchev–Trinajstić information content (AvgIpc) is 2.86. The van der Waals surface area contributed by atoms with Crippen molar-refractivity contribution in [3.05, 3.63) is 62.5 Å². The van der Waals surface area contributed by atoms with Gasteiger partial charge in [0.25, 0.3) is 5.91 Å². The Kier molecular flexibility index (Phi) is 8.34. The Morgan fingerprint density at radius 3 is 2.63 bits per heavy atom. The summed E-state index contributed by atoms with van der Waals surface area (Å²) in [4.78, 5) is 25.3. The highest BCUT2D eigenvalue weighted by Crippen LogP contribution is 2.33. The van der Waals surface area contributed by atoms with Crippen LogP contribution in [0.25, 0.3) is 11.0 Å². The molecule has 0 atom stereocenters. The highest BCUT2D eigenvalue weighted by molar-refractivity contribution is 6.31. The summed E-state index contributed by atoms with van der Waals surface area (Å²) < 4.78 is 16.9. The molecule has 0 radical (unpaired) electrons. The first-order chi connectivity index (χ1) is 17.0. The van der Waals surface area contributed by atoms with Gasteiger partial charge in [0.15, 0.2) is 6.61 Å². The number of carbonyl (C=O) groups is 1. The van der Waals surface area contributed by atoms with E-state index in [1.807, 2.05) is 0 Å². The second kappa shape index (κ2) is 11.6. The molecule has 0 fully saturated rings. The highest BCUT2D eigenvalue weighted by atomic mass is 35.5. The fourth-order valence-electron chi connectivity index (χ4n) is 4.69. The van der Waals surface area contributed by atoms with Crippen LogP contribution in [0.3, 0.4) is 0 Å². The van der Waals surface area contributed by atoms with E-state index in [-0.39, 0.29) is 18.1 Å². The van der Waals surface area contributed by atoms with Gasteiger partial charge in [-0.05, 0) is 73.9 Å². The monoisotopic (exact) mass is 497 g/mol. The zero-order valence-electron chi connectivity index (χ0n) is 20.4. The predicted octanol–water partition coefficient (Wildman–Crippen LogP) is 6.47. The zero-order chi connectivity index (χ0) is 24.8. The molecule has 1 aromatic heterocycles. The van der Waals surface area contributed by atoms with Crippen LogP contribution < -0.4 is 20.4 Å². The van der Waals surface area contributed by atoms with E-state index in [0.29, 0.717) is 27.8 Å². The van der Waals surface area contributed by atoms with E-state index >= 15 is 0 Å². The predicted molar refractivity (Wildman–Crippen MR) is 139 cm³/mol. The van der Waals surface area contributed by atoms with Gasteiger partial charge in [0, 0.05) is 22.0 Å². The first-order valence-electron chi connectivity index (χ1n) is 12.4. The van der Waals surface area contributed by atoms with Crippen LogP contribution in [-0.4, -0.2) is 19.6 Å². The molecule has 1 N–H and O–H groups in total. The summed E-state index contributed by atoms with van der Waals surface area (Å²) in [5, 5.41) is 4.27. The minimum atomic E-state index is -0.338. The molecule has 0 bridgehead atoms. The van der Waals surface area contributed by atoms with E-state index in [1.165, 1.54) is 13.5 Å². The molecular weight excluding hydrogens is 466 g/mol. The van der Waals surface area contributed by atoms with E-state index in [2.05, 4.69) is 18.3 Å². The zero-order valence-corrected chi connectivity index (χ0v) is 21.1. The summed E-state index contributed by atoms with van der Waals surface area (Å²) in [6, 6.07) is 8.89. The van der Waals surface area contributed by atoms with Crippen LogP contribution in [0.5, 0.6) is 11.5 Å². The minimum absolute atomic E-state index is 0.196. The van der Waals surface area contributed by atoms with Crippen LogP contribution in [0.1, 0.15) is 62.1 Å². The number of aryl methyl sites for hydroxylation is 2. The normalized spacial score (nSPS) is 12.9. The van der Waals surface area contributed by atoms with Crippen LogP contribution in [0.4, 0.5) is 5.69 Å². The van der Waals surface area contributed by atoms with Gasteiger partial charge in [-0.1, -0.05) is 37.8 Å². The van der Waals surface area contributed by atoms with E-state index < -0.39 is 0 Å². The molecule has 0 saturated heterocycles. The van der Waals surface area contributed by atoms with Crippen molar-refractivity contribution in [1.29, 1.82) is 0 Å². The number of hydrogen-bond acceptors (Lipinski definition) is 5. The lowest BCUT2D eigenvalue weighted by Crippen LogP contribution is -2.21. The molecule has 1 amide bonds. The Morgan fingerprint density at radius 2 is 1.86 bits per heavy atom. The molecule has 1 aliphatic rings. The largest absolute Gasteiger partial charge is 0.495 e. The number of hydrogen-bond donors (Lipinski definition) is 1. The summed E-state index contributed by atoms with van der Waals surface area (Å²) in [7, 11) is 1.53. The maximum absolute atomic E-state index is 12.7. The third-order valence-electron chi connectivity index (χ3n) is 6.50. The van der Waals surface area contributed by atoms with Crippen molar-refractivity contribution >= 4 is 34.2 Å². The van der Waals surface area contributed by atoms with Gasteiger partial charge in [0.05, 0.1) is 12.8 Å². The fourth-order valence-corrected chi connectivity index (χ4v) is 4.87. The van der Waals surface area contributed by atoms with E-state index in [9.17, 15) is 9.59 Å². The first kappa shape index (κ1) is 25.1. The van der Waals surface area contributed by atoms with E-state index in [4.69, 9.17) is 25.5 Å². The summed E-state index contributed by atoms with van der Waals surface area (Å²) in [6.45, 7) is 1.99. The second-order valence-corrected chi connectivity index (χ2v) is 9.44. The smallest absolute Gasteiger partial charge is 0.339 e. The van der Waals surface area contributed by atoms with Crippen LogP contribution in [-0.2, 0) is 24.1 Å². The van der Waals surface area contributed by atoms with Gasteiger partial charge in [0.1, 0.15) is 17.1 Å². The number of benzene rings is 2. The van der Waals surface area contributed by atoms with Crippen LogP contribution in [0, 0.1) is 0 Å². The molecule has 1 heterocycles. The van der Waals surface area contributed by atoms with Crippen molar-refractivity contribution in [2.75, 3.05) is 19.0 Å². The van der Waals surface area contributed by atoms with Gasteiger partial charge >= 0.3 is 5.63 Å². The summed E-state index contributed by atoms with van der Waals surface area (Å²) >= 11 is 6.07. The number of anilines is 1. The van der Waals surface area contributed by atoms with Crippen LogP contribution in [0.15, 0.2) is 39.5 Å². The number of amides is 1. The number of ether oxygens (including phenoxy) is 2. The molecule has 1 aliphatic carbocycles.